The van der Waals surface area contributed by atoms with Crippen LogP contribution in [0, 0.1) is 0 Å². The second kappa shape index (κ2) is 6.48. The Kier molecular flexibility index (Phi) is 4.82. The van der Waals surface area contributed by atoms with Gasteiger partial charge >= 0.3 is 6.18 Å². The largest absolute Gasteiger partial charge is 0.489 e. The van der Waals surface area contributed by atoms with Crippen molar-refractivity contribution in [2.75, 3.05) is 0 Å². The number of nitrogens with zero attached hydrogens (tertiary/aromatic N) is 1. The Morgan fingerprint density at radius 1 is 1.04 bits per heavy atom. The van der Waals surface area contributed by atoms with Crippen molar-refractivity contribution in [1.29, 1.82) is 0 Å². The summed E-state index contributed by atoms with van der Waals surface area (Å²) >= 11 is 0. The van der Waals surface area contributed by atoms with Gasteiger partial charge in [0.2, 0.25) is 5.88 Å². The van der Waals surface area contributed by atoms with Crippen LogP contribution in [0.3, 0.4) is 0 Å². The average molecular weight is 325 g/mol. The summed E-state index contributed by atoms with van der Waals surface area (Å²) in [5.41, 5.74) is -0.339. The molecule has 0 aliphatic heterocycles. The first-order chi connectivity index (χ1) is 10.6. The van der Waals surface area contributed by atoms with Gasteiger partial charge in [-0.05, 0) is 45.0 Å². The summed E-state index contributed by atoms with van der Waals surface area (Å²) in [6.45, 7) is 5.88. The molecular formula is C17H18F3NO2. The zero-order valence-corrected chi connectivity index (χ0v) is 13.1. The van der Waals surface area contributed by atoms with Gasteiger partial charge in [-0.25, -0.2) is 4.98 Å². The van der Waals surface area contributed by atoms with E-state index in [2.05, 4.69) is 4.98 Å². The Bertz CT molecular complexity index is 646. The van der Waals surface area contributed by atoms with Crippen LogP contribution in [-0.4, -0.2) is 10.6 Å². The van der Waals surface area contributed by atoms with Crippen LogP contribution < -0.4 is 9.47 Å². The van der Waals surface area contributed by atoms with E-state index in [9.17, 15) is 13.2 Å². The maximum atomic E-state index is 12.6. The summed E-state index contributed by atoms with van der Waals surface area (Å²) < 4.78 is 48.9. The van der Waals surface area contributed by atoms with Crippen LogP contribution in [0.5, 0.6) is 11.6 Å². The normalized spacial score (nSPS) is 12.1. The van der Waals surface area contributed by atoms with E-state index >= 15 is 0 Å². The Morgan fingerprint density at radius 3 is 2.35 bits per heavy atom. The fourth-order valence-electron chi connectivity index (χ4n) is 1.80. The topological polar surface area (TPSA) is 31.4 Å². The van der Waals surface area contributed by atoms with Crippen LogP contribution in [0.1, 0.15) is 31.9 Å². The van der Waals surface area contributed by atoms with Gasteiger partial charge in [0.15, 0.2) is 0 Å². The zero-order chi connectivity index (χ0) is 17.1. The third-order valence-electron chi connectivity index (χ3n) is 2.78. The maximum Gasteiger partial charge on any atom is 0.416 e. The molecule has 0 spiro atoms. The molecule has 0 unspecified atom stereocenters. The smallest absolute Gasteiger partial charge is 0.416 e. The lowest BCUT2D eigenvalue weighted by Gasteiger charge is -2.20. The highest BCUT2D eigenvalue weighted by atomic mass is 19.4. The van der Waals surface area contributed by atoms with Gasteiger partial charge in [0, 0.05) is 17.8 Å². The molecule has 0 atom stereocenters. The van der Waals surface area contributed by atoms with Gasteiger partial charge in [-0.2, -0.15) is 13.2 Å². The summed E-state index contributed by atoms with van der Waals surface area (Å²) in [4.78, 5) is 4.15. The predicted molar refractivity (Wildman–Crippen MR) is 80.4 cm³/mol. The molecule has 3 nitrogen and oxygen atoms in total. The van der Waals surface area contributed by atoms with Crippen molar-refractivity contribution < 1.29 is 22.6 Å². The second-order valence-corrected chi connectivity index (χ2v) is 6.03. The summed E-state index contributed by atoms with van der Waals surface area (Å²) in [6.07, 6.45) is -2.80. The fourth-order valence-corrected chi connectivity index (χ4v) is 1.80. The van der Waals surface area contributed by atoms with E-state index in [0.29, 0.717) is 5.88 Å². The molecule has 0 radical (unpaired) electrons. The van der Waals surface area contributed by atoms with Crippen molar-refractivity contribution in [1.82, 2.24) is 4.98 Å². The minimum absolute atomic E-state index is 0.129. The number of hydrogen-bond acceptors (Lipinski definition) is 3. The highest BCUT2D eigenvalue weighted by Crippen LogP contribution is 2.31. The highest BCUT2D eigenvalue weighted by Gasteiger charge is 2.30. The average Bonchev–Trinajstić information content (AvgIpc) is 2.44. The van der Waals surface area contributed by atoms with Crippen molar-refractivity contribution >= 4 is 0 Å². The SMILES string of the molecule is CC(C)(C)Oc1ccc(COc2cccc(C(F)(F)F)c2)cn1. The molecule has 0 saturated heterocycles. The number of ether oxygens (including phenoxy) is 2. The molecule has 0 bridgehead atoms. The van der Waals surface area contributed by atoms with E-state index in [1.165, 1.54) is 12.1 Å². The molecule has 2 rings (SSSR count). The number of rotatable bonds is 4. The highest BCUT2D eigenvalue weighted by molar-refractivity contribution is 5.30. The maximum absolute atomic E-state index is 12.6. The first kappa shape index (κ1) is 17.1. The summed E-state index contributed by atoms with van der Waals surface area (Å²) in [5, 5.41) is 0. The summed E-state index contributed by atoms with van der Waals surface area (Å²) in [5.74, 6) is 0.648. The van der Waals surface area contributed by atoms with Gasteiger partial charge < -0.3 is 9.47 Å². The Hall–Kier alpha value is -2.24. The lowest BCUT2D eigenvalue weighted by atomic mass is 10.2. The van der Waals surface area contributed by atoms with Crippen molar-refractivity contribution in [3.63, 3.8) is 0 Å². The second-order valence-electron chi connectivity index (χ2n) is 6.03. The molecule has 0 aliphatic rings. The van der Waals surface area contributed by atoms with Gasteiger partial charge in [-0.15, -0.1) is 0 Å². The Morgan fingerprint density at radius 2 is 1.78 bits per heavy atom. The van der Waals surface area contributed by atoms with Crippen molar-refractivity contribution in [3.05, 3.63) is 53.7 Å². The third kappa shape index (κ3) is 5.47. The van der Waals surface area contributed by atoms with E-state index in [1.807, 2.05) is 20.8 Å². The number of halogens is 3. The Balaban J connectivity index is 1.99. The number of pyridine rings is 1. The van der Waals surface area contributed by atoms with E-state index in [1.54, 1.807) is 18.3 Å². The van der Waals surface area contributed by atoms with E-state index in [-0.39, 0.29) is 18.0 Å². The molecule has 1 aromatic heterocycles. The molecule has 2 aromatic rings. The first-order valence-corrected chi connectivity index (χ1v) is 7.07. The lowest BCUT2D eigenvalue weighted by molar-refractivity contribution is -0.137. The standard InChI is InChI=1S/C17H18F3NO2/c1-16(2,3)23-15-8-7-12(10-21-15)11-22-14-6-4-5-13(9-14)17(18,19)20/h4-10H,11H2,1-3H3. The van der Waals surface area contributed by atoms with E-state index in [4.69, 9.17) is 9.47 Å². The molecule has 1 heterocycles. The fraction of sp³-hybridized carbons (Fsp3) is 0.353. The summed E-state index contributed by atoms with van der Waals surface area (Å²) in [7, 11) is 0. The van der Waals surface area contributed by atoms with Crippen molar-refractivity contribution in [3.8, 4) is 11.6 Å². The molecule has 6 heteroatoms. The first-order valence-electron chi connectivity index (χ1n) is 7.07. The van der Waals surface area contributed by atoms with Crippen LogP contribution in [0.2, 0.25) is 0 Å². The van der Waals surface area contributed by atoms with Crippen LogP contribution in [-0.2, 0) is 12.8 Å². The molecule has 0 amide bonds. The van der Waals surface area contributed by atoms with Crippen LogP contribution in [0.25, 0.3) is 0 Å². The third-order valence-corrected chi connectivity index (χ3v) is 2.78. The zero-order valence-electron chi connectivity index (χ0n) is 13.1. The molecule has 0 fully saturated rings. The van der Waals surface area contributed by atoms with E-state index in [0.717, 1.165) is 17.7 Å². The van der Waals surface area contributed by atoms with Crippen molar-refractivity contribution in [2.45, 2.75) is 39.2 Å². The van der Waals surface area contributed by atoms with Crippen LogP contribution in [0.15, 0.2) is 42.6 Å². The van der Waals surface area contributed by atoms with E-state index < -0.39 is 11.7 Å². The quantitative estimate of drug-likeness (QED) is 0.805. The van der Waals surface area contributed by atoms with Gasteiger partial charge in [0.05, 0.1) is 5.56 Å². The monoisotopic (exact) mass is 325 g/mol. The number of hydrogen-bond donors (Lipinski definition) is 0. The molecule has 0 saturated carbocycles. The Labute approximate surface area is 133 Å². The molecule has 124 valence electrons. The van der Waals surface area contributed by atoms with Crippen LogP contribution >= 0.6 is 0 Å². The minimum Gasteiger partial charge on any atom is -0.489 e. The molecule has 0 N–H and O–H groups in total. The summed E-state index contributed by atoms with van der Waals surface area (Å²) in [6, 6.07) is 8.26. The molecule has 23 heavy (non-hydrogen) atoms. The number of benzene rings is 1. The van der Waals surface area contributed by atoms with Gasteiger partial charge in [0.25, 0.3) is 0 Å². The van der Waals surface area contributed by atoms with Crippen LogP contribution in [0.4, 0.5) is 13.2 Å². The molecule has 0 aliphatic carbocycles. The number of alkyl halides is 3. The predicted octanol–water partition coefficient (Wildman–Crippen LogP) is 4.86. The van der Waals surface area contributed by atoms with Gasteiger partial charge in [-0.3, -0.25) is 0 Å². The number of aromatic nitrogens is 1. The van der Waals surface area contributed by atoms with Crippen molar-refractivity contribution in [2.24, 2.45) is 0 Å². The minimum atomic E-state index is -4.38. The lowest BCUT2D eigenvalue weighted by Crippen LogP contribution is -2.23. The van der Waals surface area contributed by atoms with Gasteiger partial charge in [0.1, 0.15) is 18.0 Å². The molecular weight excluding hydrogens is 307 g/mol. The molecule has 1 aromatic carbocycles. The van der Waals surface area contributed by atoms with Gasteiger partial charge in [-0.1, -0.05) is 6.07 Å².